The molecule has 2 aromatic rings. The summed E-state index contributed by atoms with van der Waals surface area (Å²) in [7, 11) is 0. The maximum atomic E-state index is 11.0. The van der Waals surface area contributed by atoms with Gasteiger partial charge in [-0.1, -0.05) is 17.4 Å². The second-order valence-electron chi connectivity index (χ2n) is 2.88. The number of benzene rings is 1. The van der Waals surface area contributed by atoms with E-state index in [1.54, 1.807) is 29.6 Å². The molecule has 1 aromatic carbocycles. The van der Waals surface area contributed by atoms with Gasteiger partial charge in [-0.3, -0.25) is 4.79 Å². The third-order valence-corrected chi connectivity index (χ3v) is 2.40. The quantitative estimate of drug-likeness (QED) is 0.793. The number of hydrogen-bond donors (Lipinski definition) is 0. The van der Waals surface area contributed by atoms with Gasteiger partial charge in [-0.15, -0.1) is 0 Å². The van der Waals surface area contributed by atoms with Crippen LogP contribution >= 0.6 is 11.3 Å². The van der Waals surface area contributed by atoms with E-state index in [1.165, 1.54) is 17.4 Å². The Kier molecular flexibility index (Phi) is 2.94. The highest BCUT2D eigenvalue weighted by Gasteiger charge is 2.00. The van der Waals surface area contributed by atoms with Crippen LogP contribution in [0.4, 0.5) is 0 Å². The molecule has 4 nitrogen and oxygen atoms in total. The Labute approximate surface area is 95.4 Å². The minimum Gasteiger partial charge on any atom is -0.431 e. The molecule has 0 N–H and O–H groups in total. The van der Waals surface area contributed by atoms with Crippen LogP contribution < -0.4 is 10.3 Å². The average molecular weight is 230 g/mol. The maximum Gasteiger partial charge on any atom is 0.282 e. The Bertz CT molecular complexity index is 601. The van der Waals surface area contributed by atoms with Gasteiger partial charge in [0.1, 0.15) is 5.75 Å². The monoisotopic (exact) mass is 230 g/mol. The number of hydrogen-bond acceptors (Lipinski definition) is 5. The summed E-state index contributed by atoms with van der Waals surface area (Å²) in [6.07, 6.45) is 0. The van der Waals surface area contributed by atoms with Crippen molar-refractivity contribution in [3.63, 3.8) is 0 Å². The first kappa shape index (κ1) is 10.3. The Morgan fingerprint density at radius 1 is 1.38 bits per heavy atom. The van der Waals surface area contributed by atoms with Gasteiger partial charge >= 0.3 is 0 Å². The molecule has 1 aromatic heterocycles. The second kappa shape index (κ2) is 4.55. The third-order valence-electron chi connectivity index (χ3n) is 1.75. The highest BCUT2D eigenvalue weighted by Crippen LogP contribution is 2.21. The molecule has 0 amide bonds. The maximum absolute atomic E-state index is 11.0. The van der Waals surface area contributed by atoms with Crippen LogP contribution in [0.2, 0.25) is 0 Å². The Hall–Kier alpha value is -2.19. The van der Waals surface area contributed by atoms with E-state index in [2.05, 4.69) is 4.98 Å². The van der Waals surface area contributed by atoms with Gasteiger partial charge in [-0.2, -0.15) is 10.2 Å². The van der Waals surface area contributed by atoms with Crippen molar-refractivity contribution in [2.75, 3.05) is 0 Å². The number of ether oxygens (including phenoxy) is 1. The summed E-state index contributed by atoms with van der Waals surface area (Å²) in [6.45, 7) is 0. The van der Waals surface area contributed by atoms with Crippen LogP contribution in [0, 0.1) is 11.3 Å². The van der Waals surface area contributed by atoms with Crippen molar-refractivity contribution in [1.82, 2.24) is 4.98 Å². The van der Waals surface area contributed by atoms with Crippen molar-refractivity contribution in [2.45, 2.75) is 0 Å². The molecule has 2 rings (SSSR count). The largest absolute Gasteiger partial charge is 0.431 e. The van der Waals surface area contributed by atoms with Crippen LogP contribution in [0.25, 0.3) is 0 Å². The van der Waals surface area contributed by atoms with Gasteiger partial charge in [-0.25, -0.2) is 0 Å². The molecule has 0 bridgehead atoms. The summed E-state index contributed by atoms with van der Waals surface area (Å²) in [6, 6.07) is 10.0. The van der Waals surface area contributed by atoms with Gasteiger partial charge in [0, 0.05) is 11.4 Å². The van der Waals surface area contributed by atoms with E-state index >= 15 is 0 Å². The van der Waals surface area contributed by atoms with Crippen LogP contribution in [0.1, 0.15) is 5.56 Å². The molecule has 0 saturated heterocycles. The van der Waals surface area contributed by atoms with Crippen molar-refractivity contribution in [3.8, 4) is 17.0 Å². The van der Waals surface area contributed by atoms with Crippen LogP contribution in [0.15, 0.2) is 40.5 Å². The summed E-state index contributed by atoms with van der Waals surface area (Å²) in [5, 5.41) is 10.6. The summed E-state index contributed by atoms with van der Waals surface area (Å²) in [5.41, 5.74) is 0.158. The van der Waals surface area contributed by atoms with E-state index in [9.17, 15) is 4.79 Å². The molecular weight excluding hydrogens is 224 g/mol. The van der Waals surface area contributed by atoms with E-state index in [-0.39, 0.29) is 10.8 Å². The van der Waals surface area contributed by atoms with Crippen molar-refractivity contribution < 1.29 is 4.74 Å². The number of nitriles is 1. The van der Waals surface area contributed by atoms with Gasteiger partial charge in [0.05, 0.1) is 11.6 Å². The average Bonchev–Trinajstić information content (AvgIpc) is 2.29. The molecule has 0 fully saturated rings. The van der Waals surface area contributed by atoms with E-state index in [4.69, 9.17) is 10.00 Å². The zero-order valence-electron chi connectivity index (χ0n) is 8.08. The van der Waals surface area contributed by atoms with E-state index in [0.717, 1.165) is 0 Å². The van der Waals surface area contributed by atoms with Crippen LogP contribution in [0.3, 0.4) is 0 Å². The van der Waals surface area contributed by atoms with Gasteiger partial charge in [0.15, 0.2) is 0 Å². The number of nitrogens with zero attached hydrogens (tertiary/aromatic N) is 2. The molecule has 16 heavy (non-hydrogen) atoms. The van der Waals surface area contributed by atoms with Crippen molar-refractivity contribution in [3.05, 3.63) is 51.6 Å². The van der Waals surface area contributed by atoms with E-state index < -0.39 is 0 Å². The summed E-state index contributed by atoms with van der Waals surface area (Å²) < 4.78 is 5.36. The van der Waals surface area contributed by atoms with Gasteiger partial charge in [-0.05, 0) is 18.2 Å². The normalized spacial score (nSPS) is 9.44. The summed E-state index contributed by atoms with van der Waals surface area (Å²) in [4.78, 5) is 14.6. The molecule has 0 saturated carbocycles. The highest BCUT2D eigenvalue weighted by molar-refractivity contribution is 7.11. The lowest BCUT2D eigenvalue weighted by atomic mass is 10.2. The molecule has 1 heterocycles. The first-order valence-electron chi connectivity index (χ1n) is 4.42. The molecular formula is C11H6N2O2S. The minimum absolute atomic E-state index is 0.266. The zero-order valence-corrected chi connectivity index (χ0v) is 8.90. The third kappa shape index (κ3) is 2.43. The molecule has 0 aliphatic heterocycles. The standard InChI is InChI=1S/C11H6N2O2S/c12-7-8-2-1-3-9(6-8)15-11-13-10(14)4-5-16-11/h1-6H. The van der Waals surface area contributed by atoms with Crippen LogP contribution in [0.5, 0.6) is 10.9 Å². The summed E-state index contributed by atoms with van der Waals surface area (Å²) in [5.74, 6) is 0.494. The van der Waals surface area contributed by atoms with Gasteiger partial charge in [0.25, 0.3) is 10.8 Å². The predicted molar refractivity (Wildman–Crippen MR) is 59.6 cm³/mol. The topological polar surface area (TPSA) is 63.0 Å². The molecule has 5 heteroatoms. The molecule has 0 aliphatic rings. The lowest BCUT2D eigenvalue weighted by Gasteiger charge is -2.02. The smallest absolute Gasteiger partial charge is 0.282 e. The van der Waals surface area contributed by atoms with Gasteiger partial charge < -0.3 is 4.74 Å². The number of aromatic nitrogens is 1. The fourth-order valence-corrected chi connectivity index (χ4v) is 1.67. The van der Waals surface area contributed by atoms with Crippen molar-refractivity contribution in [1.29, 1.82) is 5.26 Å². The second-order valence-corrected chi connectivity index (χ2v) is 3.74. The lowest BCUT2D eigenvalue weighted by molar-refractivity contribution is 0.476. The molecule has 0 unspecified atom stereocenters. The molecule has 78 valence electrons. The van der Waals surface area contributed by atoms with Gasteiger partial charge in [0.2, 0.25) is 0 Å². The molecule has 0 atom stereocenters. The fourth-order valence-electron chi connectivity index (χ4n) is 1.08. The molecule has 0 aliphatic carbocycles. The van der Waals surface area contributed by atoms with E-state index in [1.807, 2.05) is 6.07 Å². The SMILES string of the molecule is N#Cc1cccc(Oc2nc(=O)ccs2)c1. The Morgan fingerprint density at radius 3 is 3.00 bits per heavy atom. The fraction of sp³-hybridized carbons (Fsp3) is 0. The van der Waals surface area contributed by atoms with Crippen LogP contribution in [-0.4, -0.2) is 4.98 Å². The summed E-state index contributed by atoms with van der Waals surface area (Å²) >= 11 is 1.22. The predicted octanol–water partition coefficient (Wildman–Crippen LogP) is 2.17. The molecule has 0 spiro atoms. The first-order valence-corrected chi connectivity index (χ1v) is 5.30. The number of rotatable bonds is 2. The van der Waals surface area contributed by atoms with Crippen molar-refractivity contribution >= 4 is 11.3 Å². The zero-order chi connectivity index (χ0) is 11.4. The Balaban J connectivity index is 2.27. The minimum atomic E-state index is -0.342. The lowest BCUT2D eigenvalue weighted by Crippen LogP contribution is -2.02. The van der Waals surface area contributed by atoms with Crippen molar-refractivity contribution in [2.24, 2.45) is 0 Å². The van der Waals surface area contributed by atoms with E-state index in [0.29, 0.717) is 11.3 Å². The highest BCUT2D eigenvalue weighted by atomic mass is 32.1. The Morgan fingerprint density at radius 2 is 2.25 bits per heavy atom. The molecule has 0 radical (unpaired) electrons. The van der Waals surface area contributed by atoms with Crippen LogP contribution in [-0.2, 0) is 0 Å². The first-order chi connectivity index (χ1) is 7.78.